The first kappa shape index (κ1) is 8.22. The molecule has 0 aliphatic carbocycles. The van der Waals surface area contributed by atoms with E-state index in [1.54, 1.807) is 6.20 Å². The number of aromatic nitrogens is 1. The van der Waals surface area contributed by atoms with E-state index in [1.165, 1.54) is 0 Å². The molecule has 11 heavy (non-hydrogen) atoms. The lowest BCUT2D eigenvalue weighted by atomic mass is 10.2. The fraction of sp³-hybridized carbons (Fsp3) is 0.250. The lowest BCUT2D eigenvalue weighted by Crippen LogP contribution is -1.88. The fourth-order valence-electron chi connectivity index (χ4n) is 0.820. The number of nitriles is 1. The molecule has 0 aliphatic rings. The Morgan fingerprint density at radius 3 is 3.09 bits per heavy atom. The van der Waals surface area contributed by atoms with Crippen LogP contribution >= 0.6 is 15.9 Å². The van der Waals surface area contributed by atoms with Crippen LogP contribution < -0.4 is 0 Å². The van der Waals surface area contributed by atoms with Crippen molar-refractivity contribution in [2.45, 2.75) is 13.3 Å². The zero-order valence-corrected chi connectivity index (χ0v) is 7.72. The molecule has 1 aromatic heterocycles. The van der Waals surface area contributed by atoms with Crippen LogP contribution in [-0.2, 0) is 6.42 Å². The number of nitrogens with zero attached hydrogens (tertiary/aromatic N) is 2. The van der Waals surface area contributed by atoms with Gasteiger partial charge in [0.1, 0.15) is 0 Å². The van der Waals surface area contributed by atoms with Crippen molar-refractivity contribution >= 4 is 15.9 Å². The average Bonchev–Trinajstić information content (AvgIpc) is 1.98. The highest BCUT2D eigenvalue weighted by Gasteiger charge is 1.98. The zero-order valence-electron chi connectivity index (χ0n) is 6.13. The topological polar surface area (TPSA) is 36.7 Å². The molecule has 0 aromatic carbocycles. The van der Waals surface area contributed by atoms with E-state index in [9.17, 15) is 0 Å². The van der Waals surface area contributed by atoms with Crippen LogP contribution in [0.1, 0.15) is 11.3 Å². The highest BCUT2D eigenvalue weighted by molar-refractivity contribution is 9.10. The van der Waals surface area contributed by atoms with Crippen molar-refractivity contribution in [3.8, 4) is 6.07 Å². The van der Waals surface area contributed by atoms with E-state index in [0.29, 0.717) is 6.42 Å². The third kappa shape index (κ3) is 2.02. The molecule has 0 unspecified atom stereocenters. The first-order valence-electron chi connectivity index (χ1n) is 3.22. The van der Waals surface area contributed by atoms with Gasteiger partial charge in [-0.15, -0.1) is 0 Å². The smallest absolute Gasteiger partial charge is 0.0670 e. The van der Waals surface area contributed by atoms with Crippen molar-refractivity contribution in [1.29, 1.82) is 5.26 Å². The van der Waals surface area contributed by atoms with Crippen LogP contribution in [0.25, 0.3) is 0 Å². The molecular formula is C8H7BrN2. The maximum absolute atomic E-state index is 8.44. The van der Waals surface area contributed by atoms with Crippen molar-refractivity contribution in [2.24, 2.45) is 0 Å². The van der Waals surface area contributed by atoms with Crippen LogP contribution in [-0.4, -0.2) is 4.98 Å². The summed E-state index contributed by atoms with van der Waals surface area (Å²) in [7, 11) is 0. The van der Waals surface area contributed by atoms with Gasteiger partial charge in [-0.05, 0) is 34.5 Å². The van der Waals surface area contributed by atoms with Crippen molar-refractivity contribution in [2.75, 3.05) is 0 Å². The molecule has 0 radical (unpaired) electrons. The SMILES string of the molecule is Cc1cc(CC#N)c(Br)cn1. The predicted octanol–water partition coefficient (Wildman–Crippen LogP) is 2.22. The summed E-state index contributed by atoms with van der Waals surface area (Å²) >= 11 is 3.32. The van der Waals surface area contributed by atoms with E-state index >= 15 is 0 Å². The van der Waals surface area contributed by atoms with E-state index < -0.39 is 0 Å². The first-order valence-corrected chi connectivity index (χ1v) is 4.01. The van der Waals surface area contributed by atoms with E-state index in [1.807, 2.05) is 13.0 Å². The molecule has 1 heterocycles. The summed E-state index contributed by atoms with van der Waals surface area (Å²) in [5.41, 5.74) is 1.94. The molecule has 2 nitrogen and oxygen atoms in total. The Hall–Kier alpha value is -0.880. The highest BCUT2D eigenvalue weighted by atomic mass is 79.9. The number of hydrogen-bond donors (Lipinski definition) is 0. The maximum atomic E-state index is 8.44. The van der Waals surface area contributed by atoms with E-state index in [-0.39, 0.29) is 0 Å². The third-order valence-corrected chi connectivity index (χ3v) is 2.05. The molecule has 3 heteroatoms. The molecule has 0 N–H and O–H groups in total. The van der Waals surface area contributed by atoms with Gasteiger partial charge in [0.05, 0.1) is 12.5 Å². The van der Waals surface area contributed by atoms with Crippen LogP contribution in [0.2, 0.25) is 0 Å². The Morgan fingerprint density at radius 1 is 1.73 bits per heavy atom. The quantitative estimate of drug-likeness (QED) is 0.713. The summed E-state index contributed by atoms with van der Waals surface area (Å²) in [4.78, 5) is 4.07. The van der Waals surface area contributed by atoms with Crippen LogP contribution in [0.3, 0.4) is 0 Å². The van der Waals surface area contributed by atoms with Gasteiger partial charge < -0.3 is 0 Å². The molecule has 1 rings (SSSR count). The standard InChI is InChI=1S/C8H7BrN2/c1-6-4-7(2-3-10)8(9)5-11-6/h4-5H,2H2,1H3. The minimum Gasteiger partial charge on any atom is -0.260 e. The van der Waals surface area contributed by atoms with Crippen LogP contribution in [0.15, 0.2) is 16.7 Å². The van der Waals surface area contributed by atoms with Gasteiger partial charge in [0.25, 0.3) is 0 Å². The van der Waals surface area contributed by atoms with Gasteiger partial charge >= 0.3 is 0 Å². The Balaban J connectivity index is 3.05. The molecule has 0 spiro atoms. The summed E-state index contributed by atoms with van der Waals surface area (Å²) < 4.78 is 0.907. The summed E-state index contributed by atoms with van der Waals surface area (Å²) in [6.07, 6.45) is 2.16. The highest BCUT2D eigenvalue weighted by Crippen LogP contribution is 2.15. The van der Waals surface area contributed by atoms with Gasteiger partial charge in [0, 0.05) is 16.4 Å². The number of aryl methyl sites for hydroxylation is 1. The zero-order chi connectivity index (χ0) is 8.27. The van der Waals surface area contributed by atoms with Crippen molar-refractivity contribution < 1.29 is 0 Å². The van der Waals surface area contributed by atoms with Crippen molar-refractivity contribution in [3.63, 3.8) is 0 Å². The molecule has 0 aliphatic heterocycles. The summed E-state index contributed by atoms with van der Waals surface area (Å²) in [5, 5.41) is 8.44. The maximum Gasteiger partial charge on any atom is 0.0670 e. The molecule has 0 amide bonds. The third-order valence-electron chi connectivity index (χ3n) is 1.34. The molecule has 0 atom stereocenters. The minimum atomic E-state index is 0.434. The Kier molecular flexibility index (Phi) is 2.61. The Labute approximate surface area is 74.0 Å². The predicted molar refractivity (Wildman–Crippen MR) is 46.0 cm³/mol. The minimum absolute atomic E-state index is 0.434. The number of hydrogen-bond acceptors (Lipinski definition) is 2. The van der Waals surface area contributed by atoms with Gasteiger partial charge in [-0.2, -0.15) is 5.26 Å². The first-order chi connectivity index (χ1) is 5.24. The average molecular weight is 211 g/mol. The Morgan fingerprint density at radius 2 is 2.45 bits per heavy atom. The number of pyridine rings is 1. The monoisotopic (exact) mass is 210 g/mol. The van der Waals surface area contributed by atoms with Crippen LogP contribution in [0.5, 0.6) is 0 Å². The second-order valence-corrected chi connectivity index (χ2v) is 3.11. The fourth-order valence-corrected chi connectivity index (χ4v) is 1.18. The molecule has 1 aromatic rings. The van der Waals surface area contributed by atoms with Crippen LogP contribution in [0, 0.1) is 18.3 Å². The van der Waals surface area contributed by atoms with Gasteiger partial charge in [-0.3, -0.25) is 4.98 Å². The summed E-state index contributed by atoms with van der Waals surface area (Å²) in [6, 6.07) is 4.00. The van der Waals surface area contributed by atoms with E-state index in [0.717, 1.165) is 15.7 Å². The molecule has 56 valence electrons. The molecule has 0 saturated carbocycles. The van der Waals surface area contributed by atoms with E-state index in [4.69, 9.17) is 5.26 Å². The summed E-state index contributed by atoms with van der Waals surface area (Å²) in [6.45, 7) is 1.91. The number of rotatable bonds is 1. The largest absolute Gasteiger partial charge is 0.260 e. The molecular weight excluding hydrogens is 204 g/mol. The summed E-state index contributed by atoms with van der Waals surface area (Å²) in [5.74, 6) is 0. The van der Waals surface area contributed by atoms with E-state index in [2.05, 4.69) is 27.0 Å². The lowest BCUT2D eigenvalue weighted by molar-refractivity contribution is 1.13. The van der Waals surface area contributed by atoms with Crippen LogP contribution in [0.4, 0.5) is 0 Å². The molecule has 0 bridgehead atoms. The van der Waals surface area contributed by atoms with Gasteiger partial charge in [-0.25, -0.2) is 0 Å². The second-order valence-electron chi connectivity index (χ2n) is 2.25. The Bertz CT molecular complexity index is 301. The normalized spacial score (nSPS) is 9.18. The van der Waals surface area contributed by atoms with Crippen molar-refractivity contribution in [3.05, 3.63) is 28.0 Å². The lowest BCUT2D eigenvalue weighted by Gasteiger charge is -1.98. The molecule has 0 fully saturated rings. The number of halogens is 1. The van der Waals surface area contributed by atoms with Gasteiger partial charge in [0.2, 0.25) is 0 Å². The van der Waals surface area contributed by atoms with Gasteiger partial charge in [0.15, 0.2) is 0 Å². The molecule has 0 saturated heterocycles. The second kappa shape index (κ2) is 3.49. The van der Waals surface area contributed by atoms with Crippen molar-refractivity contribution in [1.82, 2.24) is 4.98 Å². The van der Waals surface area contributed by atoms with Gasteiger partial charge in [-0.1, -0.05) is 0 Å².